The number of carbonyl (C=O) groups excluding carboxylic acids is 2. The topological polar surface area (TPSA) is 76.0 Å². The average molecular weight is 407 g/mol. The van der Waals surface area contributed by atoms with E-state index in [1.54, 1.807) is 24.4 Å². The van der Waals surface area contributed by atoms with Gasteiger partial charge in [-0.3, -0.25) is 14.3 Å². The van der Waals surface area contributed by atoms with Gasteiger partial charge in [0.1, 0.15) is 6.04 Å². The molecule has 2 rings (SSSR count). The fraction of sp³-hybridized carbons (Fsp3) is 0.389. The third-order valence-corrected chi connectivity index (χ3v) is 4.47. The zero-order chi connectivity index (χ0) is 18.2. The van der Waals surface area contributed by atoms with E-state index in [-0.39, 0.29) is 17.7 Å². The number of rotatable bonds is 8. The number of carbonyl (C=O) groups is 2. The first-order valence-electron chi connectivity index (χ1n) is 8.29. The van der Waals surface area contributed by atoms with E-state index in [1.165, 1.54) is 0 Å². The average Bonchev–Trinajstić information content (AvgIpc) is 3.09. The molecule has 1 aromatic heterocycles. The molecule has 2 aromatic rings. The van der Waals surface area contributed by atoms with Gasteiger partial charge in [-0.05, 0) is 46.5 Å². The number of nitrogens with zero attached hydrogens (tertiary/aromatic N) is 2. The van der Waals surface area contributed by atoms with Crippen molar-refractivity contribution >= 4 is 27.7 Å². The van der Waals surface area contributed by atoms with Crippen molar-refractivity contribution in [2.75, 3.05) is 6.54 Å². The van der Waals surface area contributed by atoms with E-state index < -0.39 is 6.04 Å². The molecule has 2 N–H and O–H groups in total. The summed E-state index contributed by atoms with van der Waals surface area (Å²) in [5, 5.41) is 9.84. The molecule has 0 radical (unpaired) electrons. The lowest BCUT2D eigenvalue weighted by atomic mass is 10.0. The van der Waals surface area contributed by atoms with E-state index in [1.807, 2.05) is 36.9 Å². The monoisotopic (exact) mass is 406 g/mol. The van der Waals surface area contributed by atoms with E-state index in [0.29, 0.717) is 16.6 Å². The molecule has 7 heteroatoms. The minimum Gasteiger partial charge on any atom is -0.354 e. The Hall–Kier alpha value is -2.15. The maximum absolute atomic E-state index is 12.4. The van der Waals surface area contributed by atoms with Gasteiger partial charge in [0.2, 0.25) is 5.91 Å². The van der Waals surface area contributed by atoms with Crippen LogP contribution in [0.2, 0.25) is 0 Å². The zero-order valence-corrected chi connectivity index (χ0v) is 16.0. The molecule has 0 spiro atoms. The fourth-order valence-corrected chi connectivity index (χ4v) is 2.86. The molecule has 2 amide bonds. The van der Waals surface area contributed by atoms with Crippen LogP contribution in [-0.2, 0) is 11.3 Å². The number of benzene rings is 1. The fourth-order valence-electron chi connectivity index (χ4n) is 2.39. The van der Waals surface area contributed by atoms with E-state index >= 15 is 0 Å². The molecule has 0 fully saturated rings. The van der Waals surface area contributed by atoms with Crippen LogP contribution in [0.3, 0.4) is 0 Å². The lowest BCUT2D eigenvalue weighted by Crippen LogP contribution is -2.50. The smallest absolute Gasteiger partial charge is 0.253 e. The molecule has 6 nitrogen and oxygen atoms in total. The Morgan fingerprint density at radius 2 is 2.00 bits per heavy atom. The second-order valence-corrected chi connectivity index (χ2v) is 6.94. The van der Waals surface area contributed by atoms with Crippen LogP contribution in [0.25, 0.3) is 0 Å². The summed E-state index contributed by atoms with van der Waals surface area (Å²) in [6.07, 6.45) is 4.39. The van der Waals surface area contributed by atoms with Crippen molar-refractivity contribution in [3.05, 3.63) is 52.8 Å². The summed E-state index contributed by atoms with van der Waals surface area (Å²) in [6.45, 7) is 5.10. The van der Waals surface area contributed by atoms with Crippen LogP contribution < -0.4 is 10.6 Å². The number of amides is 2. The molecule has 0 aliphatic heterocycles. The Kier molecular flexibility index (Phi) is 7.18. The van der Waals surface area contributed by atoms with Gasteiger partial charge in [-0.1, -0.05) is 26.0 Å². The first kappa shape index (κ1) is 19.2. The number of hydrogen-bond donors (Lipinski definition) is 2. The molecule has 0 aliphatic rings. The molecule has 1 heterocycles. The summed E-state index contributed by atoms with van der Waals surface area (Å²) in [6, 6.07) is 8.44. The van der Waals surface area contributed by atoms with E-state index in [2.05, 4.69) is 31.7 Å². The number of aromatic nitrogens is 2. The van der Waals surface area contributed by atoms with Crippen LogP contribution in [0, 0.1) is 5.92 Å². The summed E-state index contributed by atoms with van der Waals surface area (Å²) >= 11 is 3.36. The molecule has 1 atom stereocenters. The Balaban J connectivity index is 1.87. The quantitative estimate of drug-likeness (QED) is 0.661. The van der Waals surface area contributed by atoms with Gasteiger partial charge in [-0.15, -0.1) is 0 Å². The van der Waals surface area contributed by atoms with E-state index in [4.69, 9.17) is 0 Å². The lowest BCUT2D eigenvalue weighted by molar-refractivity contribution is -0.123. The van der Waals surface area contributed by atoms with Crippen LogP contribution in [-0.4, -0.2) is 34.2 Å². The third-order valence-electron chi connectivity index (χ3n) is 3.78. The Morgan fingerprint density at radius 3 is 2.64 bits per heavy atom. The molecular formula is C18H23BrN4O2. The highest BCUT2D eigenvalue weighted by molar-refractivity contribution is 9.10. The van der Waals surface area contributed by atoms with Gasteiger partial charge >= 0.3 is 0 Å². The SMILES string of the molecule is CC(C)[C@H](NC(=O)c1ccccc1Br)C(=O)NCCCn1cccn1. The molecule has 1 aromatic carbocycles. The summed E-state index contributed by atoms with van der Waals surface area (Å²) < 4.78 is 2.52. The van der Waals surface area contributed by atoms with E-state index in [0.717, 1.165) is 13.0 Å². The normalized spacial score (nSPS) is 12.0. The van der Waals surface area contributed by atoms with E-state index in [9.17, 15) is 9.59 Å². The van der Waals surface area contributed by atoms with Crippen LogP contribution in [0.15, 0.2) is 47.2 Å². The predicted molar refractivity (Wildman–Crippen MR) is 100 cm³/mol. The highest BCUT2D eigenvalue weighted by Crippen LogP contribution is 2.16. The standard InChI is InChI=1S/C18H23BrN4O2/c1-13(2)16(22-17(24)14-7-3-4-8-15(14)19)18(25)20-9-5-11-23-12-6-10-21-23/h3-4,6-8,10,12-13,16H,5,9,11H2,1-2H3,(H,20,25)(H,22,24)/t16-/m0/s1. The Bertz CT molecular complexity index is 701. The van der Waals surface area contributed by atoms with Gasteiger partial charge in [0, 0.05) is 30.0 Å². The second-order valence-electron chi connectivity index (χ2n) is 6.09. The van der Waals surface area contributed by atoms with Crippen molar-refractivity contribution in [3.63, 3.8) is 0 Å². The van der Waals surface area contributed by atoms with Crippen molar-refractivity contribution in [1.29, 1.82) is 0 Å². The summed E-state index contributed by atoms with van der Waals surface area (Å²) in [7, 11) is 0. The molecule has 0 aliphatic carbocycles. The largest absolute Gasteiger partial charge is 0.354 e. The van der Waals surface area contributed by atoms with Crippen molar-refractivity contribution < 1.29 is 9.59 Å². The molecule has 0 saturated heterocycles. The van der Waals surface area contributed by atoms with Crippen molar-refractivity contribution in [2.24, 2.45) is 5.92 Å². The Morgan fingerprint density at radius 1 is 1.24 bits per heavy atom. The maximum Gasteiger partial charge on any atom is 0.253 e. The molecular weight excluding hydrogens is 384 g/mol. The molecule has 0 saturated carbocycles. The molecule has 25 heavy (non-hydrogen) atoms. The minimum absolute atomic E-state index is 0.0162. The van der Waals surface area contributed by atoms with Gasteiger partial charge in [-0.25, -0.2) is 0 Å². The first-order valence-corrected chi connectivity index (χ1v) is 9.09. The predicted octanol–water partition coefficient (Wildman–Crippen LogP) is 2.61. The van der Waals surface area contributed by atoms with Gasteiger partial charge in [-0.2, -0.15) is 5.10 Å². The van der Waals surface area contributed by atoms with Crippen LogP contribution >= 0.6 is 15.9 Å². The number of halogens is 1. The van der Waals surface area contributed by atoms with Crippen LogP contribution in [0.5, 0.6) is 0 Å². The highest BCUT2D eigenvalue weighted by Gasteiger charge is 2.24. The Labute approximate surface area is 156 Å². The summed E-state index contributed by atoms with van der Waals surface area (Å²) in [4.78, 5) is 24.9. The summed E-state index contributed by atoms with van der Waals surface area (Å²) in [5.74, 6) is -0.453. The highest BCUT2D eigenvalue weighted by atomic mass is 79.9. The minimum atomic E-state index is -0.579. The zero-order valence-electron chi connectivity index (χ0n) is 14.4. The van der Waals surface area contributed by atoms with Crippen molar-refractivity contribution in [3.8, 4) is 0 Å². The lowest BCUT2D eigenvalue weighted by Gasteiger charge is -2.22. The maximum atomic E-state index is 12.4. The van der Waals surface area contributed by atoms with Gasteiger partial charge in [0.25, 0.3) is 5.91 Å². The molecule has 0 bridgehead atoms. The first-order chi connectivity index (χ1) is 12.0. The molecule has 134 valence electrons. The van der Waals surface area contributed by atoms with Gasteiger partial charge < -0.3 is 10.6 Å². The van der Waals surface area contributed by atoms with Crippen molar-refractivity contribution in [1.82, 2.24) is 20.4 Å². The third kappa shape index (κ3) is 5.70. The number of nitrogens with one attached hydrogen (secondary N) is 2. The van der Waals surface area contributed by atoms with Gasteiger partial charge in [0.05, 0.1) is 5.56 Å². The number of hydrogen-bond acceptors (Lipinski definition) is 3. The van der Waals surface area contributed by atoms with Crippen LogP contribution in [0.4, 0.5) is 0 Å². The van der Waals surface area contributed by atoms with Crippen LogP contribution in [0.1, 0.15) is 30.6 Å². The molecule has 0 unspecified atom stereocenters. The second kappa shape index (κ2) is 9.36. The number of aryl methyl sites for hydroxylation is 1. The van der Waals surface area contributed by atoms with Gasteiger partial charge in [0.15, 0.2) is 0 Å². The summed E-state index contributed by atoms with van der Waals surface area (Å²) in [5.41, 5.74) is 0.514. The van der Waals surface area contributed by atoms with Crippen molar-refractivity contribution in [2.45, 2.75) is 32.9 Å².